The number of carbonyl (C=O) groups is 2. The van der Waals surface area contributed by atoms with Gasteiger partial charge >= 0.3 is 12.0 Å². The molecule has 0 radical (unpaired) electrons. The Morgan fingerprint density at radius 2 is 1.86 bits per heavy atom. The zero-order valence-electron chi connectivity index (χ0n) is 11.7. The van der Waals surface area contributed by atoms with Crippen molar-refractivity contribution in [3.05, 3.63) is 35.4 Å². The van der Waals surface area contributed by atoms with Gasteiger partial charge in [-0.1, -0.05) is 0 Å². The van der Waals surface area contributed by atoms with Crippen molar-refractivity contribution in [2.45, 2.75) is 19.8 Å². The molecular formula is C14H18F2N2O3. The summed E-state index contributed by atoms with van der Waals surface area (Å²) in [4.78, 5) is 23.6. The molecule has 0 aliphatic heterocycles. The minimum atomic E-state index is -0.975. The van der Waals surface area contributed by atoms with Crippen LogP contribution in [0.15, 0.2) is 18.2 Å². The van der Waals surface area contributed by atoms with Crippen molar-refractivity contribution in [2.75, 3.05) is 19.6 Å². The number of rotatable bonds is 7. The maximum atomic E-state index is 13.0. The summed E-state index contributed by atoms with van der Waals surface area (Å²) in [5.74, 6) is -2.29. The van der Waals surface area contributed by atoms with Crippen LogP contribution >= 0.6 is 0 Å². The van der Waals surface area contributed by atoms with Crippen LogP contribution in [0.5, 0.6) is 0 Å². The fourth-order valence-corrected chi connectivity index (χ4v) is 1.81. The van der Waals surface area contributed by atoms with Crippen LogP contribution < -0.4 is 5.32 Å². The lowest BCUT2D eigenvalue weighted by Gasteiger charge is -2.20. The van der Waals surface area contributed by atoms with Gasteiger partial charge in [-0.05, 0) is 31.0 Å². The molecule has 7 heteroatoms. The lowest BCUT2D eigenvalue weighted by atomic mass is 10.1. The average molecular weight is 300 g/mol. The van der Waals surface area contributed by atoms with Crippen LogP contribution in [0.1, 0.15) is 18.9 Å². The zero-order valence-corrected chi connectivity index (χ0v) is 11.7. The van der Waals surface area contributed by atoms with Crippen molar-refractivity contribution in [3.63, 3.8) is 0 Å². The van der Waals surface area contributed by atoms with Crippen LogP contribution in [0, 0.1) is 11.6 Å². The number of carboxylic acids is 1. The Bertz CT molecular complexity index is 489. The second-order valence-electron chi connectivity index (χ2n) is 4.48. The number of aliphatic carboxylic acids is 1. The normalized spacial score (nSPS) is 10.2. The number of hydrogen-bond donors (Lipinski definition) is 2. The molecule has 21 heavy (non-hydrogen) atoms. The molecule has 0 spiro atoms. The Kier molecular flexibility index (Phi) is 6.58. The summed E-state index contributed by atoms with van der Waals surface area (Å²) in [5.41, 5.74) is 0.446. The molecule has 0 saturated heterocycles. The van der Waals surface area contributed by atoms with E-state index in [1.807, 2.05) is 0 Å². The molecule has 0 fully saturated rings. The van der Waals surface area contributed by atoms with E-state index in [1.165, 1.54) is 17.0 Å². The van der Waals surface area contributed by atoms with E-state index in [2.05, 4.69) is 5.32 Å². The monoisotopic (exact) mass is 300 g/mol. The Morgan fingerprint density at radius 1 is 1.24 bits per heavy atom. The zero-order chi connectivity index (χ0) is 15.8. The molecule has 116 valence electrons. The lowest BCUT2D eigenvalue weighted by Crippen LogP contribution is -2.41. The number of amides is 2. The van der Waals surface area contributed by atoms with E-state index in [1.54, 1.807) is 6.92 Å². The van der Waals surface area contributed by atoms with Gasteiger partial charge in [0, 0.05) is 25.7 Å². The van der Waals surface area contributed by atoms with Gasteiger partial charge in [-0.15, -0.1) is 0 Å². The molecule has 0 atom stereocenters. The van der Waals surface area contributed by atoms with E-state index in [9.17, 15) is 18.4 Å². The first kappa shape index (κ1) is 16.9. The van der Waals surface area contributed by atoms with Crippen molar-refractivity contribution in [1.29, 1.82) is 0 Å². The number of nitrogens with zero attached hydrogens (tertiary/aromatic N) is 1. The highest BCUT2D eigenvalue weighted by atomic mass is 19.1. The summed E-state index contributed by atoms with van der Waals surface area (Å²) >= 11 is 0. The van der Waals surface area contributed by atoms with Gasteiger partial charge in [0.05, 0.1) is 6.42 Å². The molecule has 5 nitrogen and oxygen atoms in total. The van der Waals surface area contributed by atoms with Gasteiger partial charge in [0.2, 0.25) is 0 Å². The number of hydrogen-bond acceptors (Lipinski definition) is 2. The highest BCUT2D eigenvalue weighted by Crippen LogP contribution is 2.08. The van der Waals surface area contributed by atoms with Crippen LogP contribution in [-0.2, 0) is 11.2 Å². The molecule has 0 aromatic heterocycles. The summed E-state index contributed by atoms with van der Waals surface area (Å²) in [5, 5.41) is 11.2. The largest absolute Gasteiger partial charge is 0.481 e. The molecule has 1 aromatic rings. The fourth-order valence-electron chi connectivity index (χ4n) is 1.81. The number of carboxylic acid groups (broad SMARTS) is 1. The summed E-state index contributed by atoms with van der Waals surface area (Å²) < 4.78 is 26.0. The Morgan fingerprint density at radius 3 is 2.38 bits per heavy atom. The average Bonchev–Trinajstić information content (AvgIpc) is 2.37. The fraction of sp³-hybridized carbons (Fsp3) is 0.429. The van der Waals surface area contributed by atoms with Gasteiger partial charge < -0.3 is 15.3 Å². The number of halogens is 2. The van der Waals surface area contributed by atoms with Crippen molar-refractivity contribution < 1.29 is 23.5 Å². The number of benzene rings is 1. The molecule has 0 aliphatic rings. The first-order valence-electron chi connectivity index (χ1n) is 6.62. The van der Waals surface area contributed by atoms with Crippen LogP contribution in [-0.4, -0.2) is 41.6 Å². The van der Waals surface area contributed by atoms with Crippen LogP contribution in [0.4, 0.5) is 13.6 Å². The SMILES string of the molecule is CCN(CCC(=O)O)C(=O)NCCc1cc(F)cc(F)c1. The third-order valence-corrected chi connectivity index (χ3v) is 2.88. The number of urea groups is 1. The molecule has 1 rings (SSSR count). The predicted octanol–water partition coefficient (Wildman–Crippen LogP) is 2.01. The smallest absolute Gasteiger partial charge is 0.317 e. The molecule has 0 heterocycles. The van der Waals surface area contributed by atoms with Crippen molar-refractivity contribution >= 4 is 12.0 Å². The predicted molar refractivity (Wildman–Crippen MR) is 73.0 cm³/mol. The Labute approximate surface area is 121 Å². The van der Waals surface area contributed by atoms with Crippen LogP contribution in [0.3, 0.4) is 0 Å². The van der Waals surface area contributed by atoms with E-state index in [0.29, 0.717) is 12.1 Å². The molecule has 0 unspecified atom stereocenters. The van der Waals surface area contributed by atoms with Gasteiger partial charge in [0.1, 0.15) is 11.6 Å². The van der Waals surface area contributed by atoms with Gasteiger partial charge in [-0.3, -0.25) is 4.79 Å². The first-order chi connectivity index (χ1) is 9.92. The van der Waals surface area contributed by atoms with Crippen molar-refractivity contribution in [2.24, 2.45) is 0 Å². The maximum absolute atomic E-state index is 13.0. The van der Waals surface area contributed by atoms with Gasteiger partial charge in [-0.25, -0.2) is 13.6 Å². The van der Waals surface area contributed by atoms with E-state index >= 15 is 0 Å². The van der Waals surface area contributed by atoms with Crippen LogP contribution in [0.25, 0.3) is 0 Å². The molecule has 0 aliphatic carbocycles. The third kappa shape index (κ3) is 6.20. The van der Waals surface area contributed by atoms with Gasteiger partial charge in [0.25, 0.3) is 0 Å². The number of carbonyl (C=O) groups excluding carboxylic acids is 1. The summed E-state index contributed by atoms with van der Waals surface area (Å²) in [6.45, 7) is 2.45. The Hall–Kier alpha value is -2.18. The van der Waals surface area contributed by atoms with Crippen LogP contribution in [0.2, 0.25) is 0 Å². The molecule has 1 aromatic carbocycles. The quantitative estimate of drug-likeness (QED) is 0.809. The van der Waals surface area contributed by atoms with Crippen molar-refractivity contribution in [1.82, 2.24) is 10.2 Å². The molecule has 0 bridgehead atoms. The highest BCUT2D eigenvalue weighted by Gasteiger charge is 2.12. The third-order valence-electron chi connectivity index (χ3n) is 2.88. The first-order valence-corrected chi connectivity index (χ1v) is 6.62. The number of nitrogens with one attached hydrogen (secondary N) is 1. The minimum absolute atomic E-state index is 0.117. The molecule has 2 N–H and O–H groups in total. The van der Waals surface area contributed by atoms with E-state index in [0.717, 1.165) is 6.07 Å². The van der Waals surface area contributed by atoms with Gasteiger partial charge in [-0.2, -0.15) is 0 Å². The lowest BCUT2D eigenvalue weighted by molar-refractivity contribution is -0.137. The summed E-state index contributed by atoms with van der Waals surface area (Å²) in [6.07, 6.45) is 0.160. The van der Waals surface area contributed by atoms with Gasteiger partial charge in [0.15, 0.2) is 0 Å². The Balaban J connectivity index is 2.42. The van der Waals surface area contributed by atoms with E-state index in [-0.39, 0.29) is 25.9 Å². The van der Waals surface area contributed by atoms with Crippen molar-refractivity contribution in [3.8, 4) is 0 Å². The molecule has 0 saturated carbocycles. The summed E-state index contributed by atoms with van der Waals surface area (Å²) in [7, 11) is 0. The second-order valence-corrected chi connectivity index (χ2v) is 4.48. The van der Waals surface area contributed by atoms with E-state index < -0.39 is 23.6 Å². The minimum Gasteiger partial charge on any atom is -0.481 e. The van der Waals surface area contributed by atoms with E-state index in [4.69, 9.17) is 5.11 Å². The second kappa shape index (κ2) is 8.18. The summed E-state index contributed by atoms with van der Waals surface area (Å²) in [6, 6.07) is 2.80. The standard InChI is InChI=1S/C14H18F2N2O3/c1-2-18(6-4-13(19)20)14(21)17-5-3-10-7-11(15)9-12(16)8-10/h7-9H,2-6H2,1H3,(H,17,21)(H,19,20). The molecular weight excluding hydrogens is 282 g/mol. The highest BCUT2D eigenvalue weighted by molar-refractivity contribution is 5.75. The molecule has 2 amide bonds. The maximum Gasteiger partial charge on any atom is 0.317 e. The topological polar surface area (TPSA) is 69.6 Å².